The molecule has 0 saturated heterocycles. The number of rotatable bonds is 5. The number of nitrogens with zero attached hydrogens (tertiary/aromatic N) is 2. The van der Waals surface area contributed by atoms with Gasteiger partial charge in [0.1, 0.15) is 5.52 Å². The highest BCUT2D eigenvalue weighted by Crippen LogP contribution is 2.20. The molecule has 0 saturated carbocycles. The van der Waals surface area contributed by atoms with Crippen molar-refractivity contribution >= 4 is 29.1 Å². The molecular formula is C20H18N2O4. The van der Waals surface area contributed by atoms with Crippen LogP contribution in [0.3, 0.4) is 0 Å². The van der Waals surface area contributed by atoms with E-state index in [1.165, 1.54) is 17.1 Å². The van der Waals surface area contributed by atoms with E-state index in [1.54, 1.807) is 44.4 Å². The third-order valence-electron chi connectivity index (χ3n) is 3.67. The molecule has 6 nitrogen and oxygen atoms in total. The van der Waals surface area contributed by atoms with Gasteiger partial charge in [-0.15, -0.1) is 0 Å². The molecule has 26 heavy (non-hydrogen) atoms. The van der Waals surface area contributed by atoms with Crippen LogP contribution >= 0.6 is 0 Å². The van der Waals surface area contributed by atoms with Crippen LogP contribution in [0.25, 0.3) is 17.2 Å². The highest BCUT2D eigenvalue weighted by Gasteiger charge is 2.25. The van der Waals surface area contributed by atoms with Crippen LogP contribution in [0.4, 0.5) is 0 Å². The number of likely N-dealkylation sites (N-methyl/N-ethyl adjacent to an activating group) is 1. The Kier molecular flexibility index (Phi) is 5.12. The largest absolute Gasteiger partial charge is 0.444 e. The maximum Gasteiger partial charge on any atom is 0.332 e. The van der Waals surface area contributed by atoms with E-state index >= 15 is 0 Å². The van der Waals surface area contributed by atoms with E-state index in [0.717, 1.165) is 0 Å². The van der Waals surface area contributed by atoms with Crippen LogP contribution < -0.4 is 0 Å². The van der Waals surface area contributed by atoms with Crippen molar-refractivity contribution in [3.63, 3.8) is 0 Å². The first kappa shape index (κ1) is 17.4. The molecule has 0 radical (unpaired) electrons. The van der Waals surface area contributed by atoms with Crippen LogP contribution in [0.15, 0.2) is 65.1 Å². The number of ether oxygens (including phenoxy) is 1. The second-order valence-corrected chi connectivity index (χ2v) is 5.81. The summed E-state index contributed by atoms with van der Waals surface area (Å²) in [6, 6.07) is 16.2. The van der Waals surface area contributed by atoms with Crippen LogP contribution in [-0.4, -0.2) is 35.9 Å². The number of amides is 1. The van der Waals surface area contributed by atoms with Gasteiger partial charge in [-0.25, -0.2) is 9.78 Å². The lowest BCUT2D eigenvalue weighted by Crippen LogP contribution is -2.30. The zero-order valence-electron chi connectivity index (χ0n) is 14.5. The molecule has 1 heterocycles. The lowest BCUT2D eigenvalue weighted by molar-refractivity contribution is -0.155. The van der Waals surface area contributed by atoms with Crippen molar-refractivity contribution in [3.8, 4) is 0 Å². The van der Waals surface area contributed by atoms with Crippen molar-refractivity contribution in [2.24, 2.45) is 0 Å². The first-order chi connectivity index (χ1) is 12.5. The molecule has 0 aliphatic carbocycles. The fraction of sp³-hybridized carbons (Fsp3) is 0.150. The summed E-state index contributed by atoms with van der Waals surface area (Å²) in [6.45, 7) is 0. The summed E-state index contributed by atoms with van der Waals surface area (Å²) >= 11 is 0. The van der Waals surface area contributed by atoms with E-state index in [1.807, 2.05) is 24.3 Å². The Morgan fingerprint density at radius 3 is 2.46 bits per heavy atom. The van der Waals surface area contributed by atoms with Crippen LogP contribution in [0.1, 0.15) is 17.6 Å². The van der Waals surface area contributed by atoms with Crippen molar-refractivity contribution in [3.05, 3.63) is 72.1 Å². The first-order valence-corrected chi connectivity index (χ1v) is 8.05. The van der Waals surface area contributed by atoms with Gasteiger partial charge in [0.15, 0.2) is 5.58 Å². The van der Waals surface area contributed by atoms with Gasteiger partial charge in [-0.05, 0) is 12.1 Å². The lowest BCUT2D eigenvalue weighted by atomic mass is 10.1. The quantitative estimate of drug-likeness (QED) is 0.522. The number of benzene rings is 2. The van der Waals surface area contributed by atoms with Gasteiger partial charge < -0.3 is 14.1 Å². The van der Waals surface area contributed by atoms with Gasteiger partial charge >= 0.3 is 5.97 Å². The zero-order valence-corrected chi connectivity index (χ0v) is 14.5. The summed E-state index contributed by atoms with van der Waals surface area (Å²) < 4.78 is 10.9. The molecule has 0 N–H and O–H groups in total. The summed E-state index contributed by atoms with van der Waals surface area (Å²) in [7, 11) is 3.22. The molecule has 6 heteroatoms. The minimum Gasteiger partial charge on any atom is -0.444 e. The highest BCUT2D eigenvalue weighted by atomic mass is 16.5. The summed E-state index contributed by atoms with van der Waals surface area (Å²) in [5.41, 5.74) is 1.94. The number of carbonyl (C=O) groups excluding carboxylic acids is 2. The summed E-state index contributed by atoms with van der Waals surface area (Å²) in [6.07, 6.45) is 1.61. The topological polar surface area (TPSA) is 72.6 Å². The molecule has 0 aliphatic heterocycles. The highest BCUT2D eigenvalue weighted by molar-refractivity contribution is 5.90. The number of aromatic nitrogens is 1. The summed E-state index contributed by atoms with van der Waals surface area (Å²) in [5.74, 6) is -0.686. The molecule has 2 aromatic carbocycles. The third kappa shape index (κ3) is 3.97. The van der Waals surface area contributed by atoms with Crippen molar-refractivity contribution in [1.29, 1.82) is 0 Å². The standard InChI is InChI=1S/C20H18N2O4/c1-22(2)20(24)19(14-8-4-3-5-9-14)26-18(23)13-12-17-21-15-10-6-7-11-16(15)25-17/h3-13,19H,1-2H3/b13-12+/t19-/m1/s1. The zero-order chi connectivity index (χ0) is 18.5. The number of para-hydroxylation sites is 2. The Morgan fingerprint density at radius 1 is 1.08 bits per heavy atom. The SMILES string of the molecule is CN(C)C(=O)[C@H](OC(=O)/C=C/c1nc2ccccc2o1)c1ccccc1. The Hall–Kier alpha value is -3.41. The summed E-state index contributed by atoms with van der Waals surface area (Å²) in [4.78, 5) is 30.2. The van der Waals surface area contributed by atoms with E-state index in [9.17, 15) is 9.59 Å². The number of fused-ring (bicyclic) bond motifs is 1. The number of hydrogen-bond donors (Lipinski definition) is 0. The number of oxazole rings is 1. The van der Waals surface area contributed by atoms with Crippen LogP contribution in [-0.2, 0) is 14.3 Å². The molecule has 0 aliphatic rings. The molecule has 0 fully saturated rings. The molecule has 132 valence electrons. The Balaban J connectivity index is 1.76. The molecule has 3 aromatic rings. The van der Waals surface area contributed by atoms with Gasteiger partial charge in [-0.1, -0.05) is 42.5 Å². The normalized spacial score (nSPS) is 12.2. The van der Waals surface area contributed by atoms with Gasteiger partial charge in [-0.2, -0.15) is 0 Å². The molecule has 0 spiro atoms. The number of carbonyl (C=O) groups is 2. The van der Waals surface area contributed by atoms with Crippen molar-refractivity contribution in [1.82, 2.24) is 9.88 Å². The number of hydrogen-bond acceptors (Lipinski definition) is 5. The van der Waals surface area contributed by atoms with Gasteiger partial charge in [0.05, 0.1) is 0 Å². The molecular weight excluding hydrogens is 332 g/mol. The van der Waals surface area contributed by atoms with Crippen molar-refractivity contribution in [2.45, 2.75) is 6.10 Å². The van der Waals surface area contributed by atoms with Gasteiger partial charge in [0, 0.05) is 31.8 Å². The average Bonchev–Trinajstić information content (AvgIpc) is 3.07. The maximum atomic E-state index is 12.4. The fourth-order valence-electron chi connectivity index (χ4n) is 2.38. The summed E-state index contributed by atoms with van der Waals surface area (Å²) in [5, 5.41) is 0. The minimum atomic E-state index is -1.01. The van der Waals surface area contributed by atoms with Gasteiger partial charge in [-0.3, -0.25) is 4.79 Å². The van der Waals surface area contributed by atoms with Crippen LogP contribution in [0, 0.1) is 0 Å². The van der Waals surface area contributed by atoms with E-state index in [4.69, 9.17) is 9.15 Å². The van der Waals surface area contributed by atoms with Crippen molar-refractivity contribution < 1.29 is 18.7 Å². The van der Waals surface area contributed by atoms with Crippen LogP contribution in [0.2, 0.25) is 0 Å². The molecule has 1 aromatic heterocycles. The minimum absolute atomic E-state index is 0.290. The van der Waals surface area contributed by atoms with E-state index < -0.39 is 12.1 Å². The molecule has 1 atom stereocenters. The van der Waals surface area contributed by atoms with Crippen LogP contribution in [0.5, 0.6) is 0 Å². The molecule has 0 unspecified atom stereocenters. The second-order valence-electron chi connectivity index (χ2n) is 5.81. The van der Waals surface area contributed by atoms with E-state index in [0.29, 0.717) is 22.6 Å². The van der Waals surface area contributed by atoms with E-state index in [2.05, 4.69) is 4.98 Å². The Morgan fingerprint density at radius 2 is 1.77 bits per heavy atom. The maximum absolute atomic E-state index is 12.4. The third-order valence-corrected chi connectivity index (χ3v) is 3.67. The monoisotopic (exact) mass is 350 g/mol. The lowest BCUT2D eigenvalue weighted by Gasteiger charge is -2.20. The number of esters is 1. The smallest absolute Gasteiger partial charge is 0.332 e. The molecule has 0 bridgehead atoms. The Bertz CT molecular complexity index is 912. The van der Waals surface area contributed by atoms with Gasteiger partial charge in [0.2, 0.25) is 12.0 Å². The average molecular weight is 350 g/mol. The van der Waals surface area contributed by atoms with Crippen molar-refractivity contribution in [2.75, 3.05) is 14.1 Å². The predicted molar refractivity (Wildman–Crippen MR) is 97.0 cm³/mol. The first-order valence-electron chi connectivity index (χ1n) is 8.05. The Labute approximate surface area is 150 Å². The predicted octanol–water partition coefficient (Wildman–Crippen LogP) is 3.21. The second kappa shape index (κ2) is 7.65. The van der Waals surface area contributed by atoms with E-state index in [-0.39, 0.29) is 5.91 Å². The molecule has 3 rings (SSSR count). The van der Waals surface area contributed by atoms with Gasteiger partial charge in [0.25, 0.3) is 5.91 Å². The fourth-order valence-corrected chi connectivity index (χ4v) is 2.38. The molecule has 1 amide bonds.